The lowest BCUT2D eigenvalue weighted by molar-refractivity contribution is -0.133. The summed E-state index contributed by atoms with van der Waals surface area (Å²) in [6, 6.07) is 20.4. The van der Waals surface area contributed by atoms with Crippen molar-refractivity contribution in [2.75, 3.05) is 24.5 Å². The lowest BCUT2D eigenvalue weighted by atomic mass is 9.93. The van der Waals surface area contributed by atoms with Gasteiger partial charge < -0.3 is 9.80 Å². The Morgan fingerprint density at radius 2 is 1.62 bits per heavy atom. The molecule has 2 aromatic carbocycles. The van der Waals surface area contributed by atoms with Crippen LogP contribution in [0.4, 0.5) is 5.82 Å². The molecule has 0 spiro atoms. The fourth-order valence-corrected chi connectivity index (χ4v) is 4.95. The van der Waals surface area contributed by atoms with Crippen LogP contribution >= 0.6 is 0 Å². The van der Waals surface area contributed by atoms with Gasteiger partial charge in [-0.25, -0.2) is 9.97 Å². The second-order valence-corrected chi connectivity index (χ2v) is 8.74. The quantitative estimate of drug-likeness (QED) is 0.587. The van der Waals surface area contributed by atoms with Gasteiger partial charge in [0, 0.05) is 37.2 Å². The summed E-state index contributed by atoms with van der Waals surface area (Å²) in [5, 5.41) is 0. The van der Waals surface area contributed by atoms with Gasteiger partial charge in [-0.15, -0.1) is 0 Å². The van der Waals surface area contributed by atoms with E-state index >= 15 is 0 Å². The third kappa shape index (κ3) is 3.99. The van der Waals surface area contributed by atoms with Crippen LogP contribution in [0.1, 0.15) is 48.9 Å². The van der Waals surface area contributed by atoms with E-state index in [0.717, 1.165) is 60.0 Å². The lowest BCUT2D eigenvalue weighted by Crippen LogP contribution is -2.40. The van der Waals surface area contributed by atoms with Gasteiger partial charge in [0.2, 0.25) is 5.91 Å². The highest BCUT2D eigenvalue weighted by atomic mass is 16.2. The van der Waals surface area contributed by atoms with Crippen LogP contribution in [-0.2, 0) is 17.8 Å². The number of carbonyl (C=O) groups excluding carboxylic acids is 1. The van der Waals surface area contributed by atoms with Crippen LogP contribution in [0.15, 0.2) is 60.7 Å². The van der Waals surface area contributed by atoms with E-state index in [1.54, 1.807) is 0 Å². The summed E-state index contributed by atoms with van der Waals surface area (Å²) in [4.78, 5) is 27.9. The maximum Gasteiger partial charge on any atom is 0.230 e. The summed E-state index contributed by atoms with van der Waals surface area (Å²) >= 11 is 0. The van der Waals surface area contributed by atoms with Crippen molar-refractivity contribution in [1.82, 2.24) is 14.9 Å². The zero-order valence-corrected chi connectivity index (χ0v) is 18.7. The molecule has 1 atom stereocenters. The number of rotatable bonds is 5. The number of aromatic nitrogens is 2. The summed E-state index contributed by atoms with van der Waals surface area (Å²) in [5.41, 5.74) is 4.37. The van der Waals surface area contributed by atoms with Gasteiger partial charge in [0.25, 0.3) is 0 Å². The first-order chi connectivity index (χ1) is 15.7. The molecular weight excluding hydrogens is 396 g/mol. The van der Waals surface area contributed by atoms with E-state index in [4.69, 9.17) is 9.97 Å². The number of hydrogen-bond acceptors (Lipinski definition) is 4. The summed E-state index contributed by atoms with van der Waals surface area (Å²) in [5.74, 6) is 1.93. The zero-order chi connectivity index (χ0) is 21.9. The zero-order valence-electron chi connectivity index (χ0n) is 18.7. The predicted molar refractivity (Wildman–Crippen MR) is 128 cm³/mol. The highest BCUT2D eigenvalue weighted by Crippen LogP contribution is 2.33. The molecule has 3 heterocycles. The van der Waals surface area contributed by atoms with Gasteiger partial charge in [-0.05, 0) is 24.8 Å². The Labute approximate surface area is 190 Å². The average molecular weight is 427 g/mol. The number of amides is 1. The van der Waals surface area contributed by atoms with Crippen molar-refractivity contribution < 1.29 is 4.79 Å². The molecule has 164 valence electrons. The van der Waals surface area contributed by atoms with Crippen molar-refractivity contribution >= 4 is 11.7 Å². The van der Waals surface area contributed by atoms with Crippen molar-refractivity contribution in [1.29, 1.82) is 0 Å². The molecule has 5 nitrogen and oxygen atoms in total. The molecule has 0 bridgehead atoms. The van der Waals surface area contributed by atoms with Gasteiger partial charge in [-0.3, -0.25) is 4.79 Å². The Hall–Kier alpha value is -3.21. The van der Waals surface area contributed by atoms with Crippen LogP contribution in [0.25, 0.3) is 11.4 Å². The van der Waals surface area contributed by atoms with Gasteiger partial charge in [0.1, 0.15) is 5.82 Å². The summed E-state index contributed by atoms with van der Waals surface area (Å²) in [6.45, 7) is 5.44. The van der Waals surface area contributed by atoms with E-state index in [1.165, 1.54) is 12.8 Å². The number of anilines is 1. The summed E-state index contributed by atoms with van der Waals surface area (Å²) in [6.07, 6.45) is 3.95. The van der Waals surface area contributed by atoms with Gasteiger partial charge in [0.05, 0.1) is 18.2 Å². The van der Waals surface area contributed by atoms with Gasteiger partial charge >= 0.3 is 0 Å². The van der Waals surface area contributed by atoms with Crippen molar-refractivity contribution in [2.24, 2.45) is 0 Å². The Morgan fingerprint density at radius 3 is 2.31 bits per heavy atom. The molecule has 0 aliphatic carbocycles. The number of carbonyl (C=O) groups is 1. The van der Waals surface area contributed by atoms with Crippen LogP contribution in [0.3, 0.4) is 0 Å². The maximum absolute atomic E-state index is 13.5. The highest BCUT2D eigenvalue weighted by Gasteiger charge is 2.31. The van der Waals surface area contributed by atoms with E-state index in [1.807, 2.05) is 41.3 Å². The molecule has 5 rings (SSSR count). The average Bonchev–Trinajstić information content (AvgIpc) is 3.39. The first kappa shape index (κ1) is 20.7. The molecule has 0 saturated carbocycles. The minimum absolute atomic E-state index is 0.0995. The molecule has 3 aromatic rings. The van der Waals surface area contributed by atoms with Gasteiger partial charge in [-0.1, -0.05) is 67.6 Å². The molecule has 1 fully saturated rings. The number of nitrogens with zero attached hydrogens (tertiary/aromatic N) is 4. The Morgan fingerprint density at radius 1 is 0.938 bits per heavy atom. The standard InChI is InChI=1S/C27H30N4O/c1-2-22(20-11-5-3-6-12-20)27(32)31-18-15-24-23(19-31)26(30-16-9-10-17-30)29-25(28-24)21-13-7-4-8-14-21/h3-8,11-14,22H,2,9-10,15-19H2,1H3. The first-order valence-electron chi connectivity index (χ1n) is 11.8. The second-order valence-electron chi connectivity index (χ2n) is 8.74. The summed E-state index contributed by atoms with van der Waals surface area (Å²) in [7, 11) is 0. The Bertz CT molecular complexity index is 1080. The molecular formula is C27H30N4O. The van der Waals surface area contributed by atoms with Crippen molar-refractivity contribution in [2.45, 2.75) is 45.1 Å². The molecule has 1 aromatic heterocycles. The molecule has 1 unspecified atom stereocenters. The van der Waals surface area contributed by atoms with Gasteiger partial charge in [0.15, 0.2) is 5.82 Å². The molecule has 1 saturated heterocycles. The van der Waals surface area contributed by atoms with Crippen LogP contribution in [0.2, 0.25) is 0 Å². The predicted octanol–water partition coefficient (Wildman–Crippen LogP) is 4.82. The van der Waals surface area contributed by atoms with Crippen LogP contribution in [0, 0.1) is 0 Å². The van der Waals surface area contributed by atoms with Crippen LogP contribution in [-0.4, -0.2) is 40.4 Å². The largest absolute Gasteiger partial charge is 0.356 e. The molecule has 0 N–H and O–H groups in total. The SMILES string of the molecule is CCC(C(=O)N1CCc2nc(-c3ccccc3)nc(N3CCCC3)c2C1)c1ccccc1. The van der Waals surface area contributed by atoms with Crippen molar-refractivity contribution in [3.8, 4) is 11.4 Å². The van der Waals surface area contributed by atoms with E-state index < -0.39 is 0 Å². The first-order valence-corrected chi connectivity index (χ1v) is 11.8. The number of benzene rings is 2. The minimum Gasteiger partial charge on any atom is -0.356 e. The molecule has 32 heavy (non-hydrogen) atoms. The van der Waals surface area contributed by atoms with E-state index in [0.29, 0.717) is 13.1 Å². The third-order valence-electron chi connectivity index (χ3n) is 6.70. The van der Waals surface area contributed by atoms with Crippen LogP contribution in [0.5, 0.6) is 0 Å². The van der Waals surface area contributed by atoms with E-state index in [9.17, 15) is 4.79 Å². The smallest absolute Gasteiger partial charge is 0.230 e. The van der Waals surface area contributed by atoms with Crippen molar-refractivity contribution in [3.63, 3.8) is 0 Å². The molecule has 0 radical (unpaired) electrons. The van der Waals surface area contributed by atoms with E-state index in [-0.39, 0.29) is 11.8 Å². The van der Waals surface area contributed by atoms with E-state index in [2.05, 4.69) is 36.1 Å². The molecule has 5 heteroatoms. The lowest BCUT2D eigenvalue weighted by Gasteiger charge is -2.34. The fraction of sp³-hybridized carbons (Fsp3) is 0.370. The number of hydrogen-bond donors (Lipinski definition) is 0. The Kier molecular flexibility index (Phi) is 5.89. The minimum atomic E-state index is -0.0995. The second kappa shape index (κ2) is 9.11. The molecule has 1 amide bonds. The molecule has 2 aliphatic rings. The maximum atomic E-state index is 13.5. The van der Waals surface area contributed by atoms with Crippen molar-refractivity contribution in [3.05, 3.63) is 77.5 Å². The highest BCUT2D eigenvalue weighted by molar-refractivity contribution is 5.84. The number of fused-ring (bicyclic) bond motifs is 1. The monoisotopic (exact) mass is 426 g/mol. The van der Waals surface area contributed by atoms with Gasteiger partial charge in [-0.2, -0.15) is 0 Å². The third-order valence-corrected chi connectivity index (χ3v) is 6.70. The fourth-order valence-electron chi connectivity index (χ4n) is 4.95. The van der Waals surface area contributed by atoms with Crippen LogP contribution < -0.4 is 4.90 Å². The topological polar surface area (TPSA) is 49.3 Å². The normalized spacial score (nSPS) is 16.7. The molecule has 2 aliphatic heterocycles. The Balaban J connectivity index is 1.48. The summed E-state index contributed by atoms with van der Waals surface area (Å²) < 4.78 is 0.